The van der Waals surface area contributed by atoms with E-state index < -0.39 is 0 Å². The maximum Gasteiger partial charge on any atom is 0.232 e. The van der Waals surface area contributed by atoms with Gasteiger partial charge in [-0.1, -0.05) is 29.8 Å². The molecule has 1 aliphatic rings. The van der Waals surface area contributed by atoms with E-state index in [1.165, 1.54) is 0 Å². The molecule has 3 heterocycles. The first-order valence-corrected chi connectivity index (χ1v) is 8.53. The molecule has 6 heteroatoms. The fourth-order valence-corrected chi connectivity index (χ4v) is 3.39. The predicted molar refractivity (Wildman–Crippen MR) is 94.6 cm³/mol. The van der Waals surface area contributed by atoms with Crippen molar-refractivity contribution < 1.29 is 4.74 Å². The van der Waals surface area contributed by atoms with Gasteiger partial charge in [-0.2, -0.15) is 0 Å². The Bertz CT molecular complexity index is 863. The van der Waals surface area contributed by atoms with Crippen LogP contribution in [0.3, 0.4) is 0 Å². The Morgan fingerprint density at radius 2 is 2.08 bits per heavy atom. The Balaban J connectivity index is 1.67. The minimum Gasteiger partial charge on any atom is -0.472 e. The molecule has 1 atom stereocenters. The van der Waals surface area contributed by atoms with Crippen LogP contribution in [0.1, 0.15) is 12.8 Å². The van der Waals surface area contributed by atoms with Gasteiger partial charge in [-0.3, -0.25) is 0 Å². The zero-order valence-electron chi connectivity index (χ0n) is 13.5. The predicted octanol–water partition coefficient (Wildman–Crippen LogP) is 3.52. The summed E-state index contributed by atoms with van der Waals surface area (Å²) in [5.74, 6) is 0.620. The highest BCUT2D eigenvalue weighted by Gasteiger charge is 2.19. The molecular weight excluding hydrogens is 324 g/mol. The van der Waals surface area contributed by atoms with Crippen molar-refractivity contribution in [1.29, 1.82) is 0 Å². The molecule has 0 spiro atoms. The summed E-state index contributed by atoms with van der Waals surface area (Å²) in [5, 5.41) is 5.31. The third-order valence-electron chi connectivity index (χ3n) is 4.36. The molecule has 2 aromatic heterocycles. The Kier molecular flexibility index (Phi) is 4.12. The quantitative estimate of drug-likeness (QED) is 0.730. The van der Waals surface area contributed by atoms with Crippen LogP contribution in [0.5, 0.6) is 5.88 Å². The third kappa shape index (κ3) is 2.97. The Labute approximate surface area is 145 Å². The molecule has 0 saturated carbocycles. The lowest BCUT2D eigenvalue weighted by Gasteiger charge is -2.29. The fourth-order valence-electron chi connectivity index (χ4n) is 3.16. The van der Waals surface area contributed by atoms with Crippen LogP contribution < -0.4 is 4.74 Å². The number of nitrogens with zero attached hydrogens (tertiary/aromatic N) is 4. The van der Waals surface area contributed by atoms with E-state index in [-0.39, 0.29) is 6.10 Å². The molecule has 0 radical (unpaired) electrons. The van der Waals surface area contributed by atoms with Crippen LogP contribution in [0.4, 0.5) is 0 Å². The molecule has 5 nitrogen and oxygen atoms in total. The molecule has 1 aliphatic heterocycles. The number of fused-ring (bicyclic) bond motifs is 1. The average molecular weight is 343 g/mol. The zero-order valence-corrected chi connectivity index (χ0v) is 14.3. The second-order valence-electron chi connectivity index (χ2n) is 6.21. The maximum atomic E-state index is 6.32. The number of likely N-dealkylation sites (N-methyl/N-ethyl adjacent to an activating group) is 1. The lowest BCUT2D eigenvalue weighted by molar-refractivity contribution is 0.0988. The normalized spacial score (nSPS) is 18.8. The molecule has 4 rings (SSSR count). The van der Waals surface area contributed by atoms with Crippen LogP contribution in [0, 0.1) is 0 Å². The van der Waals surface area contributed by atoms with Crippen molar-refractivity contribution in [2.75, 3.05) is 20.1 Å². The van der Waals surface area contributed by atoms with Gasteiger partial charge in [0, 0.05) is 18.2 Å². The topological polar surface area (TPSA) is 42.7 Å². The molecule has 1 fully saturated rings. The first-order chi connectivity index (χ1) is 11.7. The maximum absolute atomic E-state index is 6.32. The van der Waals surface area contributed by atoms with Crippen LogP contribution in [0.25, 0.3) is 16.9 Å². The largest absolute Gasteiger partial charge is 0.472 e. The smallest absolute Gasteiger partial charge is 0.232 e. The third-order valence-corrected chi connectivity index (χ3v) is 4.69. The van der Waals surface area contributed by atoms with E-state index >= 15 is 0 Å². The van der Waals surface area contributed by atoms with E-state index in [2.05, 4.69) is 22.0 Å². The van der Waals surface area contributed by atoms with Crippen molar-refractivity contribution in [3.05, 3.63) is 47.6 Å². The Hall–Kier alpha value is -2.11. The Morgan fingerprint density at radius 1 is 1.21 bits per heavy atom. The molecule has 1 saturated heterocycles. The number of hydrogen-bond donors (Lipinski definition) is 0. The standard InChI is InChI=1S/C18H19ClN4O/c1-22-10-4-5-13(12-22)24-18-9-8-17-20-11-16(23(17)21-18)14-6-2-3-7-15(14)19/h2-3,6-9,11,13H,4-5,10,12H2,1H3. The van der Waals surface area contributed by atoms with Crippen molar-refractivity contribution in [1.82, 2.24) is 19.5 Å². The van der Waals surface area contributed by atoms with Gasteiger partial charge < -0.3 is 9.64 Å². The molecule has 3 aromatic rings. The van der Waals surface area contributed by atoms with Crippen LogP contribution in [0.2, 0.25) is 5.02 Å². The molecule has 24 heavy (non-hydrogen) atoms. The molecule has 1 unspecified atom stereocenters. The van der Waals surface area contributed by atoms with Gasteiger partial charge in [0.15, 0.2) is 5.65 Å². The second-order valence-corrected chi connectivity index (χ2v) is 6.62. The van der Waals surface area contributed by atoms with E-state index in [1.807, 2.05) is 36.4 Å². The van der Waals surface area contributed by atoms with E-state index in [9.17, 15) is 0 Å². The number of aromatic nitrogens is 3. The number of benzene rings is 1. The van der Waals surface area contributed by atoms with E-state index in [4.69, 9.17) is 16.3 Å². The number of likely N-dealkylation sites (tertiary alicyclic amines) is 1. The van der Waals surface area contributed by atoms with Gasteiger partial charge in [-0.05, 0) is 38.6 Å². The average Bonchev–Trinajstić information content (AvgIpc) is 2.98. The summed E-state index contributed by atoms with van der Waals surface area (Å²) < 4.78 is 7.88. The monoisotopic (exact) mass is 342 g/mol. The molecular formula is C18H19ClN4O. The summed E-state index contributed by atoms with van der Waals surface area (Å²) in [6.07, 6.45) is 4.19. The highest BCUT2D eigenvalue weighted by Crippen LogP contribution is 2.28. The van der Waals surface area contributed by atoms with Crippen molar-refractivity contribution >= 4 is 17.2 Å². The SMILES string of the molecule is CN1CCCC(Oc2ccc3ncc(-c4ccccc4Cl)n3n2)C1. The Morgan fingerprint density at radius 3 is 2.92 bits per heavy atom. The lowest BCUT2D eigenvalue weighted by Crippen LogP contribution is -2.38. The summed E-state index contributed by atoms with van der Waals surface area (Å²) in [5.41, 5.74) is 2.55. The molecule has 124 valence electrons. The molecule has 1 aromatic carbocycles. The number of halogens is 1. The summed E-state index contributed by atoms with van der Waals surface area (Å²) in [6, 6.07) is 11.5. The first kappa shape index (κ1) is 15.4. The van der Waals surface area contributed by atoms with Crippen molar-refractivity contribution in [3.8, 4) is 17.1 Å². The van der Waals surface area contributed by atoms with Gasteiger partial charge in [0.1, 0.15) is 6.10 Å². The van der Waals surface area contributed by atoms with Crippen LogP contribution in [0.15, 0.2) is 42.6 Å². The van der Waals surface area contributed by atoms with Gasteiger partial charge in [0.25, 0.3) is 0 Å². The van der Waals surface area contributed by atoms with E-state index in [0.29, 0.717) is 10.9 Å². The lowest BCUT2D eigenvalue weighted by atomic mass is 10.1. The van der Waals surface area contributed by atoms with Gasteiger partial charge >= 0.3 is 0 Å². The minimum absolute atomic E-state index is 0.181. The molecule has 0 N–H and O–H groups in total. The van der Waals surface area contributed by atoms with E-state index in [0.717, 1.165) is 42.8 Å². The van der Waals surface area contributed by atoms with Gasteiger partial charge in [0.2, 0.25) is 5.88 Å². The summed E-state index contributed by atoms with van der Waals surface area (Å²) >= 11 is 6.32. The first-order valence-electron chi connectivity index (χ1n) is 8.15. The number of hydrogen-bond acceptors (Lipinski definition) is 4. The minimum atomic E-state index is 0.181. The second kappa shape index (κ2) is 6.42. The van der Waals surface area contributed by atoms with Crippen molar-refractivity contribution in [2.24, 2.45) is 0 Å². The fraction of sp³-hybridized carbons (Fsp3) is 0.333. The van der Waals surface area contributed by atoms with Gasteiger partial charge in [-0.15, -0.1) is 5.10 Å². The van der Waals surface area contributed by atoms with Gasteiger partial charge in [-0.25, -0.2) is 9.50 Å². The highest BCUT2D eigenvalue weighted by molar-refractivity contribution is 6.33. The van der Waals surface area contributed by atoms with Crippen LogP contribution in [-0.4, -0.2) is 45.7 Å². The summed E-state index contributed by atoms with van der Waals surface area (Å²) in [4.78, 5) is 6.70. The highest BCUT2D eigenvalue weighted by atomic mass is 35.5. The number of rotatable bonds is 3. The van der Waals surface area contributed by atoms with Crippen LogP contribution >= 0.6 is 11.6 Å². The summed E-state index contributed by atoms with van der Waals surface area (Å²) in [7, 11) is 2.12. The summed E-state index contributed by atoms with van der Waals surface area (Å²) in [6.45, 7) is 2.06. The van der Waals surface area contributed by atoms with Crippen molar-refractivity contribution in [3.63, 3.8) is 0 Å². The zero-order chi connectivity index (χ0) is 16.5. The van der Waals surface area contributed by atoms with Gasteiger partial charge in [0.05, 0.1) is 16.9 Å². The molecule has 0 amide bonds. The molecule has 0 aliphatic carbocycles. The number of ether oxygens (including phenoxy) is 1. The van der Waals surface area contributed by atoms with Crippen molar-refractivity contribution in [2.45, 2.75) is 18.9 Å². The number of imidazole rings is 1. The van der Waals surface area contributed by atoms with Crippen LogP contribution in [-0.2, 0) is 0 Å². The van der Waals surface area contributed by atoms with E-state index in [1.54, 1.807) is 10.7 Å². The number of piperidine rings is 1. The molecule has 0 bridgehead atoms.